The highest BCUT2D eigenvalue weighted by Gasteiger charge is 2.35. The quantitative estimate of drug-likeness (QED) is 0.470. The highest BCUT2D eigenvalue weighted by molar-refractivity contribution is 6.05. The molecule has 1 aliphatic rings. The standard InChI is InChI=1S/C27H28FN3O5/c1-35-22-10-5-4-9-21(22)31(24(32)17-29-26(33)23-11-6-16-36-23)25(18-12-14-19(28)15-13-18)27(34)30-20-7-2-3-8-20/h4-6,9-16,20,25H,2-3,7-8,17H2,1H3,(H,29,33)(H,30,34)/t25-/m1/s1. The first kappa shape index (κ1) is 25.0. The van der Waals surface area contributed by atoms with Gasteiger partial charge in [-0.3, -0.25) is 19.3 Å². The highest BCUT2D eigenvalue weighted by Crippen LogP contribution is 2.35. The second-order valence-electron chi connectivity index (χ2n) is 8.54. The lowest BCUT2D eigenvalue weighted by atomic mass is 10.0. The molecule has 2 aromatic carbocycles. The van der Waals surface area contributed by atoms with Crippen LogP contribution in [-0.2, 0) is 9.59 Å². The number of furan rings is 1. The first-order valence-corrected chi connectivity index (χ1v) is 11.8. The summed E-state index contributed by atoms with van der Waals surface area (Å²) in [5.74, 6) is -1.57. The van der Waals surface area contributed by atoms with Crippen LogP contribution in [0.25, 0.3) is 0 Å². The number of amides is 3. The van der Waals surface area contributed by atoms with E-state index < -0.39 is 36.1 Å². The van der Waals surface area contributed by atoms with Crippen LogP contribution in [0.5, 0.6) is 5.75 Å². The Bertz CT molecular complexity index is 1190. The summed E-state index contributed by atoms with van der Waals surface area (Å²) >= 11 is 0. The van der Waals surface area contributed by atoms with Crippen molar-refractivity contribution < 1.29 is 27.9 Å². The summed E-state index contributed by atoms with van der Waals surface area (Å²) in [6.07, 6.45) is 5.09. The summed E-state index contributed by atoms with van der Waals surface area (Å²) in [7, 11) is 1.46. The Kier molecular flexibility index (Phi) is 7.99. The molecule has 0 spiro atoms. The number of nitrogens with zero attached hydrogens (tertiary/aromatic N) is 1. The molecule has 0 unspecified atom stereocenters. The number of carbonyl (C=O) groups is 3. The molecule has 1 aromatic heterocycles. The van der Waals surface area contributed by atoms with Crippen LogP contribution < -0.4 is 20.3 Å². The van der Waals surface area contributed by atoms with E-state index in [9.17, 15) is 18.8 Å². The Balaban J connectivity index is 1.72. The van der Waals surface area contributed by atoms with Crippen LogP contribution in [0.1, 0.15) is 47.8 Å². The van der Waals surface area contributed by atoms with Crippen LogP contribution in [0.3, 0.4) is 0 Å². The molecule has 2 N–H and O–H groups in total. The van der Waals surface area contributed by atoms with Gasteiger partial charge in [-0.05, 0) is 54.8 Å². The Hall–Kier alpha value is -4.14. The van der Waals surface area contributed by atoms with Gasteiger partial charge in [0.05, 0.1) is 25.6 Å². The predicted octanol–water partition coefficient (Wildman–Crippen LogP) is 3.99. The number of rotatable bonds is 9. The molecule has 1 aliphatic carbocycles. The number of hydrogen-bond donors (Lipinski definition) is 2. The van der Waals surface area contributed by atoms with E-state index in [1.807, 2.05) is 0 Å². The maximum Gasteiger partial charge on any atom is 0.287 e. The second-order valence-corrected chi connectivity index (χ2v) is 8.54. The monoisotopic (exact) mass is 493 g/mol. The van der Waals surface area contributed by atoms with Crippen LogP contribution in [0.2, 0.25) is 0 Å². The van der Waals surface area contributed by atoms with Gasteiger partial charge < -0.3 is 19.8 Å². The topological polar surface area (TPSA) is 101 Å². The summed E-state index contributed by atoms with van der Waals surface area (Å²) in [5.41, 5.74) is 0.761. The summed E-state index contributed by atoms with van der Waals surface area (Å²) in [6, 6.07) is 14.2. The fraction of sp³-hybridized carbons (Fsp3) is 0.296. The molecule has 3 aromatic rings. The maximum atomic E-state index is 13.8. The normalized spacial score (nSPS) is 14.2. The van der Waals surface area contributed by atoms with Crippen molar-refractivity contribution in [1.29, 1.82) is 0 Å². The van der Waals surface area contributed by atoms with Crippen LogP contribution in [0.4, 0.5) is 10.1 Å². The van der Waals surface area contributed by atoms with Crippen molar-refractivity contribution in [3.8, 4) is 5.75 Å². The Morgan fingerprint density at radius 2 is 1.78 bits per heavy atom. The van der Waals surface area contributed by atoms with Crippen molar-refractivity contribution in [2.24, 2.45) is 0 Å². The van der Waals surface area contributed by atoms with E-state index >= 15 is 0 Å². The number of para-hydroxylation sites is 2. The Morgan fingerprint density at radius 1 is 1.06 bits per heavy atom. The van der Waals surface area contributed by atoms with Crippen molar-refractivity contribution in [3.63, 3.8) is 0 Å². The number of benzene rings is 2. The van der Waals surface area contributed by atoms with Gasteiger partial charge in [-0.1, -0.05) is 37.1 Å². The molecular formula is C27H28FN3O5. The van der Waals surface area contributed by atoms with E-state index in [0.717, 1.165) is 25.7 Å². The van der Waals surface area contributed by atoms with Crippen LogP contribution in [0, 0.1) is 5.82 Å². The number of halogens is 1. The largest absolute Gasteiger partial charge is 0.495 e. The van der Waals surface area contributed by atoms with Crippen LogP contribution in [0.15, 0.2) is 71.3 Å². The number of carbonyl (C=O) groups excluding carboxylic acids is 3. The molecule has 4 rings (SSSR count). The van der Waals surface area contributed by atoms with E-state index in [1.54, 1.807) is 30.3 Å². The van der Waals surface area contributed by atoms with Gasteiger partial charge in [0.15, 0.2) is 5.76 Å². The van der Waals surface area contributed by atoms with Gasteiger partial charge in [0.2, 0.25) is 11.8 Å². The van der Waals surface area contributed by atoms with Crippen molar-refractivity contribution >= 4 is 23.4 Å². The molecule has 0 bridgehead atoms. The minimum Gasteiger partial charge on any atom is -0.495 e. The average Bonchev–Trinajstić information content (AvgIpc) is 3.61. The zero-order valence-corrected chi connectivity index (χ0v) is 19.9. The smallest absolute Gasteiger partial charge is 0.287 e. The molecule has 1 fully saturated rings. The molecule has 188 valence electrons. The summed E-state index contributed by atoms with van der Waals surface area (Å²) in [5, 5.41) is 5.60. The number of anilines is 1. The molecular weight excluding hydrogens is 465 g/mol. The first-order chi connectivity index (χ1) is 17.5. The minimum absolute atomic E-state index is 0.00581. The zero-order chi connectivity index (χ0) is 25.5. The third kappa shape index (κ3) is 5.73. The highest BCUT2D eigenvalue weighted by atomic mass is 19.1. The van der Waals surface area contributed by atoms with Gasteiger partial charge in [-0.2, -0.15) is 0 Å². The molecule has 0 aliphatic heterocycles. The number of ether oxygens (including phenoxy) is 1. The van der Waals surface area contributed by atoms with E-state index in [-0.39, 0.29) is 11.8 Å². The third-order valence-corrected chi connectivity index (χ3v) is 6.15. The minimum atomic E-state index is -1.13. The van der Waals surface area contributed by atoms with Gasteiger partial charge >= 0.3 is 0 Å². The molecule has 0 radical (unpaired) electrons. The molecule has 1 saturated carbocycles. The van der Waals surface area contributed by atoms with E-state index in [1.165, 1.54) is 48.6 Å². The molecule has 8 nitrogen and oxygen atoms in total. The number of methoxy groups -OCH3 is 1. The van der Waals surface area contributed by atoms with Gasteiger partial charge in [-0.25, -0.2) is 4.39 Å². The van der Waals surface area contributed by atoms with Crippen molar-refractivity contribution in [2.75, 3.05) is 18.6 Å². The molecule has 1 heterocycles. The molecule has 1 atom stereocenters. The van der Waals surface area contributed by atoms with Crippen LogP contribution >= 0.6 is 0 Å². The fourth-order valence-electron chi connectivity index (χ4n) is 4.40. The lowest BCUT2D eigenvalue weighted by molar-refractivity contribution is -0.126. The number of nitrogens with one attached hydrogen (secondary N) is 2. The Morgan fingerprint density at radius 3 is 2.44 bits per heavy atom. The maximum absolute atomic E-state index is 13.8. The second kappa shape index (κ2) is 11.5. The van der Waals surface area contributed by atoms with Crippen molar-refractivity contribution in [2.45, 2.75) is 37.8 Å². The number of hydrogen-bond acceptors (Lipinski definition) is 5. The average molecular weight is 494 g/mol. The predicted molar refractivity (Wildman–Crippen MR) is 131 cm³/mol. The van der Waals surface area contributed by atoms with Crippen molar-refractivity contribution in [1.82, 2.24) is 10.6 Å². The molecule has 9 heteroatoms. The molecule has 36 heavy (non-hydrogen) atoms. The lowest BCUT2D eigenvalue weighted by Crippen LogP contribution is -2.49. The van der Waals surface area contributed by atoms with E-state index in [0.29, 0.717) is 17.0 Å². The molecule has 0 saturated heterocycles. The van der Waals surface area contributed by atoms with Crippen LogP contribution in [-0.4, -0.2) is 37.4 Å². The fourth-order valence-corrected chi connectivity index (χ4v) is 4.40. The summed E-state index contributed by atoms with van der Waals surface area (Å²) in [6.45, 7) is -0.411. The summed E-state index contributed by atoms with van der Waals surface area (Å²) < 4.78 is 24.4. The summed E-state index contributed by atoms with van der Waals surface area (Å²) in [4.78, 5) is 41.1. The van der Waals surface area contributed by atoms with Gasteiger partial charge in [0.25, 0.3) is 5.91 Å². The third-order valence-electron chi connectivity index (χ3n) is 6.15. The SMILES string of the molecule is COc1ccccc1N(C(=O)CNC(=O)c1ccco1)[C@@H](C(=O)NC1CCCC1)c1ccc(F)cc1. The van der Waals surface area contributed by atoms with Gasteiger partial charge in [0, 0.05) is 6.04 Å². The Labute approximate surface area is 208 Å². The van der Waals surface area contributed by atoms with E-state index in [2.05, 4.69) is 10.6 Å². The first-order valence-electron chi connectivity index (χ1n) is 11.8. The van der Waals surface area contributed by atoms with Crippen molar-refractivity contribution in [3.05, 3.63) is 84.1 Å². The zero-order valence-electron chi connectivity index (χ0n) is 19.9. The van der Waals surface area contributed by atoms with E-state index in [4.69, 9.17) is 9.15 Å². The lowest BCUT2D eigenvalue weighted by Gasteiger charge is -2.33. The molecule has 3 amide bonds. The van der Waals surface area contributed by atoms with Gasteiger partial charge in [-0.15, -0.1) is 0 Å². The van der Waals surface area contributed by atoms with Gasteiger partial charge in [0.1, 0.15) is 17.6 Å².